The zero-order chi connectivity index (χ0) is 9.42. The molecule has 0 bridgehead atoms. The van der Waals surface area contributed by atoms with Crippen LogP contribution in [0.15, 0.2) is 12.1 Å². The molecule has 0 aromatic heterocycles. The van der Waals surface area contributed by atoms with Crippen LogP contribution >= 0.6 is 11.6 Å². The van der Waals surface area contributed by atoms with Gasteiger partial charge in [-0.3, -0.25) is 0 Å². The predicted molar refractivity (Wildman–Crippen MR) is 51.4 cm³/mol. The maximum absolute atomic E-state index is 13.4. The molecule has 1 nitrogen and oxygen atoms in total. The first-order chi connectivity index (χ1) is 6.18. The van der Waals surface area contributed by atoms with Crippen LogP contribution in [-0.2, 0) is 12.8 Å². The molecule has 0 saturated carbocycles. The average molecular weight is 200 g/mol. The van der Waals surface area contributed by atoms with Gasteiger partial charge in [0.1, 0.15) is 5.82 Å². The highest BCUT2D eigenvalue weighted by molar-refractivity contribution is 6.30. The summed E-state index contributed by atoms with van der Waals surface area (Å²) in [4.78, 5) is 0. The molecule has 1 aliphatic rings. The molecule has 0 fully saturated rings. The van der Waals surface area contributed by atoms with E-state index in [1.165, 1.54) is 0 Å². The van der Waals surface area contributed by atoms with E-state index in [0.29, 0.717) is 6.42 Å². The van der Waals surface area contributed by atoms with Crippen LogP contribution in [-0.4, -0.2) is 6.04 Å². The summed E-state index contributed by atoms with van der Waals surface area (Å²) >= 11 is 5.68. The lowest BCUT2D eigenvalue weighted by atomic mass is 9.88. The summed E-state index contributed by atoms with van der Waals surface area (Å²) in [5.41, 5.74) is 7.56. The first-order valence-corrected chi connectivity index (χ1v) is 4.77. The van der Waals surface area contributed by atoms with Gasteiger partial charge in [-0.1, -0.05) is 17.7 Å². The van der Waals surface area contributed by atoms with Crippen molar-refractivity contribution in [2.24, 2.45) is 5.73 Å². The lowest BCUT2D eigenvalue weighted by Gasteiger charge is -2.21. The summed E-state index contributed by atoms with van der Waals surface area (Å²) in [6.45, 7) is 0. The van der Waals surface area contributed by atoms with E-state index in [1.807, 2.05) is 6.07 Å². The molecule has 1 aliphatic carbocycles. The van der Waals surface area contributed by atoms with Gasteiger partial charge in [0, 0.05) is 6.04 Å². The van der Waals surface area contributed by atoms with Crippen molar-refractivity contribution in [3.05, 3.63) is 34.1 Å². The Morgan fingerprint density at radius 1 is 1.46 bits per heavy atom. The maximum atomic E-state index is 13.4. The van der Waals surface area contributed by atoms with E-state index < -0.39 is 0 Å². The van der Waals surface area contributed by atoms with Crippen LogP contribution in [0.3, 0.4) is 0 Å². The first kappa shape index (κ1) is 8.97. The monoisotopic (exact) mass is 199 g/mol. The molecule has 1 aromatic rings. The number of nitrogens with two attached hydrogens (primary N) is 1. The van der Waals surface area contributed by atoms with Crippen molar-refractivity contribution in [2.45, 2.75) is 25.3 Å². The van der Waals surface area contributed by atoms with Crippen LogP contribution in [0, 0.1) is 5.82 Å². The number of hydrogen-bond donors (Lipinski definition) is 1. The van der Waals surface area contributed by atoms with Gasteiger partial charge in [-0.15, -0.1) is 0 Å². The second kappa shape index (κ2) is 3.28. The van der Waals surface area contributed by atoms with Crippen LogP contribution in [0.4, 0.5) is 4.39 Å². The number of rotatable bonds is 0. The van der Waals surface area contributed by atoms with Gasteiger partial charge in [0.05, 0.1) is 5.02 Å². The Bertz CT molecular complexity index is 338. The number of benzene rings is 1. The molecule has 0 aliphatic heterocycles. The molecule has 13 heavy (non-hydrogen) atoms. The predicted octanol–water partition coefficient (Wildman–Crippen LogP) is 2.30. The molecule has 0 amide bonds. The van der Waals surface area contributed by atoms with Crippen molar-refractivity contribution in [1.82, 2.24) is 0 Å². The van der Waals surface area contributed by atoms with Crippen LogP contribution in [0.1, 0.15) is 17.5 Å². The van der Waals surface area contributed by atoms with Gasteiger partial charge in [-0.2, -0.15) is 0 Å². The fraction of sp³-hybridized carbons (Fsp3) is 0.400. The molecule has 2 rings (SSSR count). The number of halogens is 2. The van der Waals surface area contributed by atoms with Crippen LogP contribution in [0.5, 0.6) is 0 Å². The Morgan fingerprint density at radius 2 is 2.23 bits per heavy atom. The van der Waals surface area contributed by atoms with Crippen LogP contribution in [0.2, 0.25) is 5.02 Å². The quantitative estimate of drug-likeness (QED) is 0.682. The highest BCUT2D eigenvalue weighted by Gasteiger charge is 2.19. The van der Waals surface area contributed by atoms with Crippen molar-refractivity contribution in [2.75, 3.05) is 0 Å². The van der Waals surface area contributed by atoms with Crippen molar-refractivity contribution < 1.29 is 4.39 Å². The van der Waals surface area contributed by atoms with Crippen molar-refractivity contribution in [3.63, 3.8) is 0 Å². The SMILES string of the molecule is N[C@H]1CCc2c(ccc(Cl)c2F)C1. The molecule has 2 N–H and O–H groups in total. The van der Waals surface area contributed by atoms with Gasteiger partial charge in [0.2, 0.25) is 0 Å². The summed E-state index contributed by atoms with van der Waals surface area (Å²) in [6, 6.07) is 3.65. The molecule has 3 heteroatoms. The van der Waals surface area contributed by atoms with Crippen molar-refractivity contribution in [1.29, 1.82) is 0 Å². The molecule has 0 heterocycles. The minimum Gasteiger partial charge on any atom is -0.327 e. The third kappa shape index (κ3) is 1.56. The van der Waals surface area contributed by atoms with E-state index in [-0.39, 0.29) is 16.9 Å². The van der Waals surface area contributed by atoms with Gasteiger partial charge >= 0.3 is 0 Å². The minimum atomic E-state index is -0.258. The molecular formula is C10H11ClFN. The largest absolute Gasteiger partial charge is 0.327 e. The summed E-state index contributed by atoms with van der Waals surface area (Å²) in [6.07, 6.45) is 2.33. The second-order valence-electron chi connectivity index (χ2n) is 3.50. The van der Waals surface area contributed by atoms with Gasteiger partial charge in [0.15, 0.2) is 0 Å². The highest BCUT2D eigenvalue weighted by atomic mass is 35.5. The van der Waals surface area contributed by atoms with Crippen LogP contribution < -0.4 is 5.73 Å². The summed E-state index contributed by atoms with van der Waals surface area (Å²) in [5, 5.41) is 0.217. The standard InChI is InChI=1S/C10H11ClFN/c11-9-4-1-6-5-7(13)2-3-8(6)10(9)12/h1,4,7H,2-3,5,13H2/t7-/m0/s1. The van der Waals surface area contributed by atoms with Gasteiger partial charge in [0.25, 0.3) is 0 Å². The number of fused-ring (bicyclic) bond motifs is 1. The first-order valence-electron chi connectivity index (χ1n) is 4.40. The zero-order valence-corrected chi connectivity index (χ0v) is 7.94. The lowest BCUT2D eigenvalue weighted by Crippen LogP contribution is -2.28. The van der Waals surface area contributed by atoms with E-state index >= 15 is 0 Å². The fourth-order valence-electron chi connectivity index (χ4n) is 1.81. The third-order valence-corrected chi connectivity index (χ3v) is 2.83. The van der Waals surface area contributed by atoms with Crippen LogP contribution in [0.25, 0.3) is 0 Å². The van der Waals surface area contributed by atoms with E-state index in [0.717, 1.165) is 24.0 Å². The van der Waals surface area contributed by atoms with Gasteiger partial charge < -0.3 is 5.73 Å². The van der Waals surface area contributed by atoms with Gasteiger partial charge in [-0.05, 0) is 36.5 Å². The summed E-state index contributed by atoms with van der Waals surface area (Å²) < 4.78 is 13.4. The van der Waals surface area contributed by atoms with E-state index in [1.54, 1.807) is 6.07 Å². The fourth-order valence-corrected chi connectivity index (χ4v) is 1.99. The molecule has 0 spiro atoms. The Balaban J connectivity index is 2.47. The van der Waals surface area contributed by atoms with E-state index in [4.69, 9.17) is 17.3 Å². The third-order valence-electron chi connectivity index (χ3n) is 2.54. The molecule has 1 atom stereocenters. The normalized spacial score (nSPS) is 21.3. The molecular weight excluding hydrogens is 189 g/mol. The maximum Gasteiger partial charge on any atom is 0.145 e. The van der Waals surface area contributed by atoms with Crippen molar-refractivity contribution >= 4 is 11.6 Å². The molecule has 70 valence electrons. The van der Waals surface area contributed by atoms with E-state index in [2.05, 4.69) is 0 Å². The molecule has 0 saturated heterocycles. The smallest absolute Gasteiger partial charge is 0.145 e. The Morgan fingerprint density at radius 3 is 3.00 bits per heavy atom. The van der Waals surface area contributed by atoms with Crippen molar-refractivity contribution in [3.8, 4) is 0 Å². The molecule has 1 aromatic carbocycles. The summed E-state index contributed by atoms with van der Waals surface area (Å²) in [5.74, 6) is -0.258. The van der Waals surface area contributed by atoms with E-state index in [9.17, 15) is 4.39 Å². The summed E-state index contributed by atoms with van der Waals surface area (Å²) in [7, 11) is 0. The lowest BCUT2D eigenvalue weighted by molar-refractivity contribution is 0.538. The Kier molecular flexibility index (Phi) is 2.26. The molecule has 0 radical (unpaired) electrons. The Hall–Kier alpha value is -0.600. The number of hydrogen-bond acceptors (Lipinski definition) is 1. The average Bonchev–Trinajstić information content (AvgIpc) is 2.12. The van der Waals surface area contributed by atoms with Gasteiger partial charge in [-0.25, -0.2) is 4.39 Å². The second-order valence-corrected chi connectivity index (χ2v) is 3.91. The minimum absolute atomic E-state index is 0.174. The topological polar surface area (TPSA) is 26.0 Å². The Labute approximate surface area is 81.7 Å². The highest BCUT2D eigenvalue weighted by Crippen LogP contribution is 2.27. The zero-order valence-electron chi connectivity index (χ0n) is 7.19. The molecule has 0 unspecified atom stereocenters.